The summed E-state index contributed by atoms with van der Waals surface area (Å²) in [4.78, 5) is 25.4. The Kier molecular flexibility index (Phi) is 4.78. The Morgan fingerprint density at radius 2 is 2.06 bits per heavy atom. The standard InChI is InChI=1S/C12H22N2O3/c1-8(2)10(13-12(16)17-4)11(15)14-7-5-6-9(14)3/h8-10H,5-7H2,1-4H3,(H,13,16)/t9-,10?/m0/s1. The summed E-state index contributed by atoms with van der Waals surface area (Å²) in [7, 11) is 1.30. The molecule has 1 rings (SSSR count). The van der Waals surface area contributed by atoms with Gasteiger partial charge in [0, 0.05) is 12.6 Å². The van der Waals surface area contributed by atoms with Gasteiger partial charge in [0.15, 0.2) is 0 Å². The highest BCUT2D eigenvalue weighted by Gasteiger charge is 2.33. The van der Waals surface area contributed by atoms with E-state index in [4.69, 9.17) is 0 Å². The molecular weight excluding hydrogens is 220 g/mol. The van der Waals surface area contributed by atoms with Crippen LogP contribution in [0.3, 0.4) is 0 Å². The van der Waals surface area contributed by atoms with Crippen LogP contribution in [-0.4, -0.2) is 42.6 Å². The summed E-state index contributed by atoms with van der Waals surface area (Å²) in [5.41, 5.74) is 0. The number of alkyl carbamates (subject to hydrolysis) is 1. The second-order valence-corrected chi connectivity index (χ2v) is 4.88. The number of rotatable bonds is 3. The first kappa shape index (κ1) is 13.8. The molecule has 0 radical (unpaired) electrons. The van der Waals surface area contributed by atoms with Crippen LogP contribution in [-0.2, 0) is 9.53 Å². The number of carbonyl (C=O) groups excluding carboxylic acids is 2. The van der Waals surface area contributed by atoms with Crippen molar-refractivity contribution in [1.82, 2.24) is 10.2 Å². The van der Waals surface area contributed by atoms with E-state index in [9.17, 15) is 9.59 Å². The summed E-state index contributed by atoms with van der Waals surface area (Å²) in [5.74, 6) is 0.0461. The smallest absolute Gasteiger partial charge is 0.407 e. The number of carbonyl (C=O) groups is 2. The fraction of sp³-hybridized carbons (Fsp3) is 0.833. The van der Waals surface area contributed by atoms with Crippen LogP contribution in [0.25, 0.3) is 0 Å². The maximum Gasteiger partial charge on any atom is 0.407 e. The van der Waals surface area contributed by atoms with Gasteiger partial charge >= 0.3 is 6.09 Å². The Morgan fingerprint density at radius 3 is 2.47 bits per heavy atom. The van der Waals surface area contributed by atoms with Gasteiger partial charge in [-0.1, -0.05) is 13.8 Å². The minimum Gasteiger partial charge on any atom is -0.453 e. The van der Waals surface area contributed by atoms with Crippen molar-refractivity contribution in [2.75, 3.05) is 13.7 Å². The molecule has 1 heterocycles. The number of methoxy groups -OCH3 is 1. The van der Waals surface area contributed by atoms with E-state index in [0.29, 0.717) is 0 Å². The van der Waals surface area contributed by atoms with Crippen LogP contribution < -0.4 is 5.32 Å². The topological polar surface area (TPSA) is 58.6 Å². The van der Waals surface area contributed by atoms with Gasteiger partial charge < -0.3 is 15.0 Å². The third-order valence-corrected chi connectivity index (χ3v) is 3.23. The van der Waals surface area contributed by atoms with Crippen molar-refractivity contribution in [1.29, 1.82) is 0 Å². The SMILES string of the molecule is COC(=O)NC(C(=O)N1CCC[C@@H]1C)C(C)C. The molecule has 5 nitrogen and oxygen atoms in total. The van der Waals surface area contributed by atoms with Gasteiger partial charge in [-0.15, -0.1) is 0 Å². The zero-order valence-corrected chi connectivity index (χ0v) is 11.0. The summed E-state index contributed by atoms with van der Waals surface area (Å²) in [6.07, 6.45) is 1.52. The molecule has 0 aromatic carbocycles. The van der Waals surface area contributed by atoms with Gasteiger partial charge in [0.2, 0.25) is 5.91 Å². The van der Waals surface area contributed by atoms with Crippen molar-refractivity contribution >= 4 is 12.0 Å². The molecule has 0 saturated carbocycles. The van der Waals surface area contributed by atoms with Crippen molar-refractivity contribution in [2.45, 2.75) is 45.7 Å². The first-order valence-electron chi connectivity index (χ1n) is 6.12. The summed E-state index contributed by atoms with van der Waals surface area (Å²) < 4.78 is 4.55. The maximum atomic E-state index is 12.3. The van der Waals surface area contributed by atoms with Gasteiger partial charge in [0.25, 0.3) is 0 Å². The van der Waals surface area contributed by atoms with Gasteiger partial charge in [-0.05, 0) is 25.7 Å². The lowest BCUT2D eigenvalue weighted by Crippen LogP contribution is -2.52. The fourth-order valence-corrected chi connectivity index (χ4v) is 2.14. The van der Waals surface area contributed by atoms with Gasteiger partial charge in [-0.3, -0.25) is 4.79 Å². The molecule has 0 bridgehead atoms. The Labute approximate surface area is 102 Å². The quantitative estimate of drug-likeness (QED) is 0.813. The normalized spacial score (nSPS) is 21.5. The molecule has 1 N–H and O–H groups in total. The number of nitrogens with one attached hydrogen (secondary N) is 1. The van der Waals surface area contributed by atoms with E-state index in [1.54, 1.807) is 0 Å². The minimum atomic E-state index is -0.552. The molecule has 0 aromatic heterocycles. The lowest BCUT2D eigenvalue weighted by atomic mass is 10.0. The first-order valence-corrected chi connectivity index (χ1v) is 6.12. The van der Waals surface area contributed by atoms with Crippen LogP contribution in [0, 0.1) is 5.92 Å². The second kappa shape index (κ2) is 5.89. The molecule has 98 valence electrons. The summed E-state index contributed by atoms with van der Waals surface area (Å²) in [6, 6.07) is -0.230. The third kappa shape index (κ3) is 3.35. The maximum absolute atomic E-state index is 12.3. The molecular formula is C12H22N2O3. The molecule has 0 aliphatic carbocycles. The second-order valence-electron chi connectivity index (χ2n) is 4.88. The van der Waals surface area contributed by atoms with Crippen molar-refractivity contribution < 1.29 is 14.3 Å². The molecule has 2 atom stereocenters. The van der Waals surface area contributed by atoms with Crippen molar-refractivity contribution in [3.63, 3.8) is 0 Å². The van der Waals surface area contributed by atoms with Gasteiger partial charge in [0.05, 0.1) is 7.11 Å². The number of likely N-dealkylation sites (tertiary alicyclic amines) is 1. The van der Waals surface area contributed by atoms with E-state index in [0.717, 1.165) is 19.4 Å². The highest BCUT2D eigenvalue weighted by molar-refractivity contribution is 5.86. The average molecular weight is 242 g/mol. The van der Waals surface area contributed by atoms with Gasteiger partial charge in [-0.25, -0.2) is 4.79 Å². The molecule has 1 saturated heterocycles. The van der Waals surface area contributed by atoms with Crippen LogP contribution in [0.2, 0.25) is 0 Å². The van der Waals surface area contributed by atoms with E-state index in [-0.39, 0.29) is 17.9 Å². The van der Waals surface area contributed by atoms with Crippen LogP contribution in [0.15, 0.2) is 0 Å². The fourth-order valence-electron chi connectivity index (χ4n) is 2.14. The van der Waals surface area contributed by atoms with Crippen LogP contribution >= 0.6 is 0 Å². The largest absolute Gasteiger partial charge is 0.453 e. The molecule has 0 spiro atoms. The Morgan fingerprint density at radius 1 is 1.41 bits per heavy atom. The van der Waals surface area contributed by atoms with Crippen LogP contribution in [0.4, 0.5) is 4.79 Å². The van der Waals surface area contributed by atoms with E-state index >= 15 is 0 Å². The molecule has 2 amide bonds. The molecule has 1 aliphatic heterocycles. The van der Waals surface area contributed by atoms with Gasteiger partial charge in [-0.2, -0.15) is 0 Å². The number of amides is 2. The number of hydrogen-bond donors (Lipinski definition) is 1. The molecule has 17 heavy (non-hydrogen) atoms. The van der Waals surface area contributed by atoms with Gasteiger partial charge in [0.1, 0.15) is 6.04 Å². The molecule has 1 unspecified atom stereocenters. The molecule has 1 fully saturated rings. The van der Waals surface area contributed by atoms with Crippen molar-refractivity contribution in [3.8, 4) is 0 Å². The predicted octanol–water partition coefficient (Wildman–Crippen LogP) is 1.38. The van der Waals surface area contributed by atoms with Crippen molar-refractivity contribution in [2.24, 2.45) is 5.92 Å². The summed E-state index contributed by atoms with van der Waals surface area (Å²) in [5, 5.41) is 2.61. The first-order chi connectivity index (χ1) is 7.97. The monoisotopic (exact) mass is 242 g/mol. The van der Waals surface area contributed by atoms with E-state index in [1.807, 2.05) is 25.7 Å². The van der Waals surface area contributed by atoms with Crippen molar-refractivity contribution in [3.05, 3.63) is 0 Å². The third-order valence-electron chi connectivity index (χ3n) is 3.23. The molecule has 5 heteroatoms. The number of hydrogen-bond acceptors (Lipinski definition) is 3. The van der Waals surface area contributed by atoms with E-state index < -0.39 is 12.1 Å². The lowest BCUT2D eigenvalue weighted by molar-refractivity contribution is -0.134. The average Bonchev–Trinajstić information content (AvgIpc) is 2.70. The Balaban J connectivity index is 2.69. The van der Waals surface area contributed by atoms with Crippen LogP contribution in [0.5, 0.6) is 0 Å². The highest BCUT2D eigenvalue weighted by atomic mass is 16.5. The minimum absolute atomic E-state index is 0.00426. The lowest BCUT2D eigenvalue weighted by Gasteiger charge is -2.29. The Bertz CT molecular complexity index is 291. The molecule has 1 aliphatic rings. The Hall–Kier alpha value is -1.26. The zero-order chi connectivity index (χ0) is 13.0. The number of ether oxygens (including phenoxy) is 1. The zero-order valence-electron chi connectivity index (χ0n) is 11.0. The van der Waals surface area contributed by atoms with E-state index in [1.165, 1.54) is 7.11 Å². The van der Waals surface area contributed by atoms with E-state index in [2.05, 4.69) is 10.1 Å². The summed E-state index contributed by atoms with van der Waals surface area (Å²) >= 11 is 0. The van der Waals surface area contributed by atoms with Crippen LogP contribution in [0.1, 0.15) is 33.6 Å². The predicted molar refractivity (Wildman–Crippen MR) is 64.6 cm³/mol. The number of nitrogens with zero attached hydrogens (tertiary/aromatic N) is 1. The summed E-state index contributed by atoms with van der Waals surface area (Å²) in [6.45, 7) is 6.66. The highest BCUT2D eigenvalue weighted by Crippen LogP contribution is 2.19. The molecule has 0 aromatic rings.